The Balaban J connectivity index is 2.77. The van der Waals surface area contributed by atoms with Crippen molar-refractivity contribution in [3.8, 4) is 0 Å². The Hall–Kier alpha value is -1.35. The lowest BCUT2D eigenvalue weighted by atomic mass is 10.2. The number of pyridine rings is 2. The maximum Gasteiger partial charge on any atom is 0.162 e. The number of hydrogen-bond acceptors (Lipinski definition) is 3. The normalized spacial score (nSPS) is 10.3. The van der Waals surface area contributed by atoms with Gasteiger partial charge in [0.25, 0.3) is 0 Å². The first-order valence-electron chi connectivity index (χ1n) is 3.90. The van der Waals surface area contributed by atoms with E-state index >= 15 is 0 Å². The van der Waals surface area contributed by atoms with Crippen LogP contribution in [0.15, 0.2) is 24.4 Å². The summed E-state index contributed by atoms with van der Waals surface area (Å²) in [7, 11) is 1.86. The molecule has 1 N–H and O–H groups in total. The molecule has 0 aliphatic heterocycles. The zero-order chi connectivity index (χ0) is 9.26. The summed E-state index contributed by atoms with van der Waals surface area (Å²) in [6.07, 6.45) is 1.71. The third kappa shape index (κ3) is 1.42. The van der Waals surface area contributed by atoms with E-state index in [9.17, 15) is 0 Å². The van der Waals surface area contributed by atoms with Crippen LogP contribution < -0.4 is 5.32 Å². The van der Waals surface area contributed by atoms with Crippen molar-refractivity contribution in [2.45, 2.75) is 0 Å². The molecule has 2 heterocycles. The van der Waals surface area contributed by atoms with Crippen LogP contribution in [0.25, 0.3) is 11.0 Å². The summed E-state index contributed by atoms with van der Waals surface area (Å²) in [6.45, 7) is 0. The van der Waals surface area contributed by atoms with E-state index in [4.69, 9.17) is 11.6 Å². The number of hydrogen-bond donors (Lipinski definition) is 1. The van der Waals surface area contributed by atoms with Gasteiger partial charge in [0.2, 0.25) is 0 Å². The van der Waals surface area contributed by atoms with Crippen molar-refractivity contribution in [3.05, 3.63) is 29.5 Å². The van der Waals surface area contributed by atoms with Gasteiger partial charge in [-0.15, -0.1) is 0 Å². The van der Waals surface area contributed by atoms with Gasteiger partial charge in [-0.25, -0.2) is 9.97 Å². The second kappa shape index (κ2) is 3.18. The van der Waals surface area contributed by atoms with Gasteiger partial charge in [-0.2, -0.15) is 0 Å². The summed E-state index contributed by atoms with van der Waals surface area (Å²) in [5.41, 5.74) is 1.67. The van der Waals surface area contributed by atoms with Crippen molar-refractivity contribution in [1.29, 1.82) is 0 Å². The largest absolute Gasteiger partial charge is 0.387 e. The van der Waals surface area contributed by atoms with E-state index in [1.807, 2.05) is 19.2 Å². The molecule has 4 heteroatoms. The van der Waals surface area contributed by atoms with E-state index in [1.165, 1.54) is 0 Å². The molecule has 0 aliphatic carbocycles. The SMILES string of the molecule is CNc1ccnc2nc(Cl)ccc12. The molecule has 3 nitrogen and oxygen atoms in total. The topological polar surface area (TPSA) is 37.8 Å². The molecule has 0 unspecified atom stereocenters. The highest BCUT2D eigenvalue weighted by Crippen LogP contribution is 2.20. The second-order valence-corrected chi connectivity index (χ2v) is 3.00. The lowest BCUT2D eigenvalue weighted by Crippen LogP contribution is -1.92. The van der Waals surface area contributed by atoms with Crippen LogP contribution in [0, 0.1) is 0 Å². The Labute approximate surface area is 80.8 Å². The fraction of sp³-hybridized carbons (Fsp3) is 0.111. The highest BCUT2D eigenvalue weighted by molar-refractivity contribution is 6.29. The first-order chi connectivity index (χ1) is 6.31. The minimum absolute atomic E-state index is 0.466. The summed E-state index contributed by atoms with van der Waals surface area (Å²) in [5.74, 6) is 0. The molecule has 0 saturated heterocycles. The molecule has 0 amide bonds. The molecule has 0 bridgehead atoms. The third-order valence-electron chi connectivity index (χ3n) is 1.84. The Morgan fingerprint density at radius 3 is 2.92 bits per heavy atom. The lowest BCUT2D eigenvalue weighted by Gasteiger charge is -2.03. The summed E-state index contributed by atoms with van der Waals surface area (Å²) in [6, 6.07) is 5.56. The van der Waals surface area contributed by atoms with Crippen LogP contribution in [0.5, 0.6) is 0 Å². The molecule has 2 aromatic heterocycles. The molecular formula is C9H8ClN3. The summed E-state index contributed by atoms with van der Waals surface area (Å²) in [4.78, 5) is 8.21. The number of halogens is 1. The maximum atomic E-state index is 5.74. The van der Waals surface area contributed by atoms with Crippen LogP contribution in [0.3, 0.4) is 0 Å². The fourth-order valence-electron chi connectivity index (χ4n) is 1.22. The molecule has 13 heavy (non-hydrogen) atoms. The molecule has 0 aromatic carbocycles. The molecule has 0 fully saturated rings. The molecule has 0 spiro atoms. The molecule has 66 valence electrons. The number of rotatable bonds is 1. The monoisotopic (exact) mass is 193 g/mol. The van der Waals surface area contributed by atoms with Gasteiger partial charge in [0.15, 0.2) is 5.65 Å². The van der Waals surface area contributed by atoms with Crippen LogP contribution in [-0.2, 0) is 0 Å². The van der Waals surface area contributed by atoms with E-state index < -0.39 is 0 Å². The van der Waals surface area contributed by atoms with Crippen LogP contribution >= 0.6 is 11.6 Å². The van der Waals surface area contributed by atoms with E-state index in [-0.39, 0.29) is 0 Å². The zero-order valence-corrected chi connectivity index (χ0v) is 7.84. The highest BCUT2D eigenvalue weighted by atomic mass is 35.5. The number of nitrogens with zero attached hydrogens (tertiary/aromatic N) is 2. The van der Waals surface area contributed by atoms with Gasteiger partial charge in [0.05, 0.1) is 0 Å². The van der Waals surface area contributed by atoms with Crippen molar-refractivity contribution in [2.75, 3.05) is 12.4 Å². The lowest BCUT2D eigenvalue weighted by molar-refractivity contribution is 1.28. The Morgan fingerprint density at radius 2 is 2.15 bits per heavy atom. The summed E-state index contributed by atoms with van der Waals surface area (Å²) < 4.78 is 0. The van der Waals surface area contributed by atoms with Crippen LogP contribution in [0.4, 0.5) is 5.69 Å². The highest BCUT2D eigenvalue weighted by Gasteiger charge is 2.01. The minimum atomic E-state index is 0.466. The molecule has 0 radical (unpaired) electrons. The molecule has 0 saturated carbocycles. The average molecular weight is 194 g/mol. The van der Waals surface area contributed by atoms with Crippen LogP contribution in [0.1, 0.15) is 0 Å². The predicted octanol–water partition coefficient (Wildman–Crippen LogP) is 2.32. The van der Waals surface area contributed by atoms with Crippen molar-refractivity contribution >= 4 is 28.3 Å². The standard InChI is InChI=1S/C9H8ClN3/c1-11-7-4-5-12-9-6(7)2-3-8(10)13-9/h2-5H,1H3,(H,11,12,13). The predicted molar refractivity (Wildman–Crippen MR) is 54.1 cm³/mol. The van der Waals surface area contributed by atoms with Gasteiger partial charge < -0.3 is 5.32 Å². The molecule has 2 rings (SSSR count). The average Bonchev–Trinajstić information content (AvgIpc) is 2.16. The van der Waals surface area contributed by atoms with Gasteiger partial charge in [-0.3, -0.25) is 0 Å². The van der Waals surface area contributed by atoms with E-state index in [0.29, 0.717) is 10.8 Å². The smallest absolute Gasteiger partial charge is 0.162 e. The molecule has 0 atom stereocenters. The quantitative estimate of drug-likeness (QED) is 0.707. The number of fused-ring (bicyclic) bond motifs is 1. The van der Waals surface area contributed by atoms with Crippen molar-refractivity contribution in [3.63, 3.8) is 0 Å². The van der Waals surface area contributed by atoms with Gasteiger partial charge in [0.1, 0.15) is 5.15 Å². The molecule has 0 aliphatic rings. The van der Waals surface area contributed by atoms with E-state index in [0.717, 1.165) is 11.1 Å². The zero-order valence-electron chi connectivity index (χ0n) is 7.08. The van der Waals surface area contributed by atoms with Crippen molar-refractivity contribution in [2.24, 2.45) is 0 Å². The molecular weight excluding hydrogens is 186 g/mol. The first kappa shape index (κ1) is 8.26. The minimum Gasteiger partial charge on any atom is -0.387 e. The fourth-order valence-corrected chi connectivity index (χ4v) is 1.37. The number of aromatic nitrogens is 2. The Morgan fingerprint density at radius 1 is 1.31 bits per heavy atom. The first-order valence-corrected chi connectivity index (χ1v) is 4.28. The Bertz CT molecular complexity index is 442. The van der Waals surface area contributed by atoms with E-state index in [2.05, 4.69) is 15.3 Å². The van der Waals surface area contributed by atoms with Gasteiger partial charge >= 0.3 is 0 Å². The summed E-state index contributed by atoms with van der Waals surface area (Å²) in [5, 5.41) is 4.51. The second-order valence-electron chi connectivity index (χ2n) is 2.61. The summed E-state index contributed by atoms with van der Waals surface area (Å²) >= 11 is 5.74. The van der Waals surface area contributed by atoms with Crippen LogP contribution in [0.2, 0.25) is 5.15 Å². The number of nitrogens with one attached hydrogen (secondary N) is 1. The van der Waals surface area contributed by atoms with Crippen molar-refractivity contribution < 1.29 is 0 Å². The van der Waals surface area contributed by atoms with Gasteiger partial charge in [-0.05, 0) is 18.2 Å². The van der Waals surface area contributed by atoms with Crippen molar-refractivity contribution in [1.82, 2.24) is 9.97 Å². The Kier molecular flexibility index (Phi) is 2.02. The maximum absolute atomic E-state index is 5.74. The number of anilines is 1. The molecule has 2 aromatic rings. The van der Waals surface area contributed by atoms with Gasteiger partial charge in [-0.1, -0.05) is 11.6 Å². The van der Waals surface area contributed by atoms with Gasteiger partial charge in [0, 0.05) is 24.3 Å². The van der Waals surface area contributed by atoms with Crippen LogP contribution in [-0.4, -0.2) is 17.0 Å². The third-order valence-corrected chi connectivity index (χ3v) is 2.05. The van der Waals surface area contributed by atoms with E-state index in [1.54, 1.807) is 12.3 Å².